The van der Waals surface area contributed by atoms with Crippen LogP contribution in [0.5, 0.6) is 0 Å². The molecule has 0 fully saturated rings. The summed E-state index contributed by atoms with van der Waals surface area (Å²) in [5, 5.41) is 4.13. The van der Waals surface area contributed by atoms with Crippen LogP contribution >= 0.6 is 11.6 Å². The molecule has 0 amide bonds. The first kappa shape index (κ1) is 17.0. The zero-order chi connectivity index (χ0) is 15.8. The fourth-order valence-electron chi connectivity index (χ4n) is 2.70. The molecular weight excluding hydrogens is 294 g/mol. The van der Waals surface area contributed by atoms with Gasteiger partial charge in [0.1, 0.15) is 0 Å². The second-order valence-electron chi connectivity index (χ2n) is 5.73. The van der Waals surface area contributed by atoms with E-state index in [4.69, 9.17) is 11.6 Å². The Balaban J connectivity index is 1.95. The van der Waals surface area contributed by atoms with Gasteiger partial charge in [-0.15, -0.1) is 0 Å². The number of pyridine rings is 1. The fraction of sp³-hybridized carbons (Fsp3) is 0.500. The summed E-state index contributed by atoms with van der Waals surface area (Å²) in [4.78, 5) is 4.16. The molecule has 0 radical (unpaired) electrons. The third kappa shape index (κ3) is 4.59. The molecule has 2 aromatic rings. The Kier molecular flexibility index (Phi) is 6.94. The van der Waals surface area contributed by atoms with Crippen molar-refractivity contribution in [2.45, 2.75) is 46.1 Å². The average Bonchev–Trinajstić information content (AvgIpc) is 2.99. The Bertz CT molecular complexity index is 565. The van der Waals surface area contributed by atoms with Crippen molar-refractivity contribution in [3.8, 4) is 5.69 Å². The van der Waals surface area contributed by atoms with Crippen LogP contribution in [0, 0.1) is 5.92 Å². The van der Waals surface area contributed by atoms with E-state index in [0.717, 1.165) is 24.7 Å². The number of rotatable bonds is 9. The Labute approximate surface area is 138 Å². The van der Waals surface area contributed by atoms with E-state index in [-0.39, 0.29) is 0 Å². The predicted octanol–water partition coefficient (Wildman–Crippen LogP) is 4.83. The number of hydrogen-bond donors (Lipinski definition) is 1. The molecule has 4 heteroatoms. The van der Waals surface area contributed by atoms with Crippen molar-refractivity contribution >= 4 is 11.6 Å². The fourth-order valence-corrected chi connectivity index (χ4v) is 2.91. The van der Waals surface area contributed by atoms with Crippen LogP contribution in [0.25, 0.3) is 5.69 Å². The van der Waals surface area contributed by atoms with E-state index in [0.29, 0.717) is 5.15 Å². The van der Waals surface area contributed by atoms with Crippen LogP contribution < -0.4 is 5.32 Å². The first-order valence-electron chi connectivity index (χ1n) is 8.24. The van der Waals surface area contributed by atoms with Gasteiger partial charge in [0.15, 0.2) is 5.15 Å². The van der Waals surface area contributed by atoms with Crippen LogP contribution in [-0.2, 0) is 6.54 Å². The molecule has 1 atom stereocenters. The van der Waals surface area contributed by atoms with Gasteiger partial charge in [0.25, 0.3) is 0 Å². The number of unbranched alkanes of at least 4 members (excludes halogenated alkanes) is 1. The summed E-state index contributed by atoms with van der Waals surface area (Å²) in [6.07, 6.45) is 8.90. The van der Waals surface area contributed by atoms with Crippen LogP contribution in [0.15, 0.2) is 36.7 Å². The first-order valence-corrected chi connectivity index (χ1v) is 8.61. The Morgan fingerprint density at radius 1 is 1.27 bits per heavy atom. The zero-order valence-corrected chi connectivity index (χ0v) is 14.3. The van der Waals surface area contributed by atoms with Crippen LogP contribution in [-0.4, -0.2) is 16.1 Å². The summed E-state index contributed by atoms with van der Waals surface area (Å²) in [7, 11) is 0. The van der Waals surface area contributed by atoms with Crippen molar-refractivity contribution in [3.63, 3.8) is 0 Å². The molecule has 0 aliphatic rings. The first-order chi connectivity index (χ1) is 10.8. The molecule has 22 heavy (non-hydrogen) atoms. The summed E-state index contributed by atoms with van der Waals surface area (Å²) in [6, 6.07) is 8.09. The molecule has 0 saturated heterocycles. The highest BCUT2D eigenvalue weighted by Crippen LogP contribution is 2.19. The predicted molar refractivity (Wildman–Crippen MR) is 93.6 cm³/mol. The lowest BCUT2D eigenvalue weighted by molar-refractivity contribution is 0.417. The van der Waals surface area contributed by atoms with E-state index < -0.39 is 0 Å². The molecule has 0 saturated carbocycles. The van der Waals surface area contributed by atoms with Crippen LogP contribution in [0.1, 0.15) is 45.2 Å². The van der Waals surface area contributed by atoms with Gasteiger partial charge in [0, 0.05) is 24.6 Å². The molecule has 0 aromatic carbocycles. The van der Waals surface area contributed by atoms with Gasteiger partial charge in [-0.2, -0.15) is 0 Å². The number of halogens is 1. The van der Waals surface area contributed by atoms with Gasteiger partial charge in [0.2, 0.25) is 0 Å². The maximum absolute atomic E-state index is 6.20. The van der Waals surface area contributed by atoms with Crippen LogP contribution in [0.2, 0.25) is 5.15 Å². The molecule has 0 aliphatic carbocycles. The third-order valence-corrected chi connectivity index (χ3v) is 4.41. The molecule has 0 bridgehead atoms. The minimum Gasteiger partial charge on any atom is -0.317 e. The molecule has 120 valence electrons. The summed E-state index contributed by atoms with van der Waals surface area (Å²) < 4.78 is 2.11. The van der Waals surface area contributed by atoms with Gasteiger partial charge in [-0.25, -0.2) is 4.98 Å². The molecule has 2 heterocycles. The molecule has 0 spiro atoms. The lowest BCUT2D eigenvalue weighted by Crippen LogP contribution is -2.23. The molecule has 0 aliphatic heterocycles. The largest absolute Gasteiger partial charge is 0.317 e. The summed E-state index contributed by atoms with van der Waals surface area (Å²) in [5.74, 6) is 0.769. The monoisotopic (exact) mass is 319 g/mol. The van der Waals surface area contributed by atoms with Crippen molar-refractivity contribution in [3.05, 3.63) is 47.5 Å². The van der Waals surface area contributed by atoms with Gasteiger partial charge in [-0.05, 0) is 43.1 Å². The summed E-state index contributed by atoms with van der Waals surface area (Å²) in [6.45, 7) is 6.45. The van der Waals surface area contributed by atoms with Crippen molar-refractivity contribution in [2.75, 3.05) is 6.54 Å². The lowest BCUT2D eigenvalue weighted by Gasteiger charge is -2.16. The SMILES string of the molecule is CCCCC(CC)CNCc1cccn1-c1cccnc1Cl. The van der Waals surface area contributed by atoms with Crippen LogP contribution in [0.3, 0.4) is 0 Å². The molecular formula is C18H26ClN3. The molecule has 3 nitrogen and oxygen atoms in total. The topological polar surface area (TPSA) is 29.9 Å². The second kappa shape index (κ2) is 8.96. The highest BCUT2D eigenvalue weighted by Gasteiger charge is 2.09. The minimum absolute atomic E-state index is 0.536. The van der Waals surface area contributed by atoms with Gasteiger partial charge in [-0.3, -0.25) is 0 Å². The summed E-state index contributed by atoms with van der Waals surface area (Å²) in [5.41, 5.74) is 2.14. The van der Waals surface area contributed by atoms with Gasteiger partial charge in [-0.1, -0.05) is 44.7 Å². The van der Waals surface area contributed by atoms with E-state index >= 15 is 0 Å². The standard InChI is InChI=1S/C18H26ClN3/c1-3-5-8-15(4-2)13-20-14-16-9-7-12-22(16)17-10-6-11-21-18(17)19/h6-7,9-12,15,20H,3-5,8,13-14H2,1-2H3. The highest BCUT2D eigenvalue weighted by atomic mass is 35.5. The second-order valence-corrected chi connectivity index (χ2v) is 6.09. The third-order valence-electron chi connectivity index (χ3n) is 4.11. The number of hydrogen-bond acceptors (Lipinski definition) is 2. The maximum Gasteiger partial charge on any atom is 0.152 e. The van der Waals surface area contributed by atoms with E-state index in [9.17, 15) is 0 Å². The normalized spacial score (nSPS) is 12.5. The van der Waals surface area contributed by atoms with Crippen molar-refractivity contribution in [2.24, 2.45) is 5.92 Å². The lowest BCUT2D eigenvalue weighted by atomic mass is 9.99. The number of aromatic nitrogens is 2. The van der Waals surface area contributed by atoms with Crippen molar-refractivity contribution in [1.82, 2.24) is 14.9 Å². The molecule has 1 unspecified atom stereocenters. The summed E-state index contributed by atoms with van der Waals surface area (Å²) >= 11 is 6.20. The van der Waals surface area contributed by atoms with Gasteiger partial charge < -0.3 is 9.88 Å². The molecule has 2 aromatic heterocycles. The van der Waals surface area contributed by atoms with Crippen molar-refractivity contribution in [1.29, 1.82) is 0 Å². The average molecular weight is 320 g/mol. The minimum atomic E-state index is 0.536. The van der Waals surface area contributed by atoms with E-state index in [1.165, 1.54) is 31.4 Å². The molecule has 1 N–H and O–H groups in total. The smallest absolute Gasteiger partial charge is 0.152 e. The van der Waals surface area contributed by atoms with Gasteiger partial charge >= 0.3 is 0 Å². The quantitative estimate of drug-likeness (QED) is 0.671. The zero-order valence-electron chi connectivity index (χ0n) is 13.6. The maximum atomic E-state index is 6.20. The van der Waals surface area contributed by atoms with E-state index in [1.54, 1.807) is 6.20 Å². The number of nitrogens with one attached hydrogen (secondary N) is 1. The Morgan fingerprint density at radius 2 is 2.14 bits per heavy atom. The Hall–Kier alpha value is -1.32. The van der Waals surface area contributed by atoms with E-state index in [2.05, 4.69) is 40.8 Å². The van der Waals surface area contributed by atoms with Gasteiger partial charge in [0.05, 0.1) is 5.69 Å². The van der Waals surface area contributed by atoms with Crippen molar-refractivity contribution < 1.29 is 0 Å². The number of nitrogens with zero attached hydrogens (tertiary/aromatic N) is 2. The molecule has 2 rings (SSSR count). The highest BCUT2D eigenvalue weighted by molar-refractivity contribution is 6.31. The van der Waals surface area contributed by atoms with Crippen LogP contribution in [0.4, 0.5) is 0 Å². The Morgan fingerprint density at radius 3 is 2.86 bits per heavy atom. The van der Waals surface area contributed by atoms with E-state index in [1.807, 2.05) is 18.3 Å².